The molecule has 5 rings (SSSR count). The molecule has 0 saturated heterocycles. The second kappa shape index (κ2) is 9.02. The first-order valence-electron chi connectivity index (χ1n) is 11.3. The second-order valence-electron chi connectivity index (χ2n) is 8.65. The molecule has 7 heteroatoms. The van der Waals surface area contributed by atoms with Crippen molar-refractivity contribution in [3.63, 3.8) is 0 Å². The number of nitrogens with zero attached hydrogens (tertiary/aromatic N) is 3. The zero-order chi connectivity index (χ0) is 24.5. The number of amides is 1. The molecule has 0 aliphatic rings. The lowest BCUT2D eigenvalue weighted by Crippen LogP contribution is -2.12. The second-order valence-corrected chi connectivity index (χ2v) is 8.65. The molecule has 0 atom stereocenters. The van der Waals surface area contributed by atoms with E-state index in [0.717, 1.165) is 50.4 Å². The molecule has 0 fully saturated rings. The number of carbonyl (C=O) groups is 1. The molecule has 0 radical (unpaired) electrons. The highest BCUT2D eigenvalue weighted by Gasteiger charge is 2.18. The van der Waals surface area contributed by atoms with Gasteiger partial charge in [0, 0.05) is 22.3 Å². The Kier molecular flexibility index (Phi) is 5.74. The van der Waals surface area contributed by atoms with Gasteiger partial charge in [-0.3, -0.25) is 4.79 Å². The van der Waals surface area contributed by atoms with Gasteiger partial charge < -0.3 is 15.2 Å². The standard InChI is InChI=1S/C28H25N5O2/c1-16-13-17(2)15-22(14-16)29-27(34)20-9-11-21(12-10-20)30-28-31-24-8-6-5-7-23(24)26(32-28)25-18(3)33-35-19(25)4/h5-15H,1-4H3,(H,29,34)(H,30,31,32). The monoisotopic (exact) mass is 463 g/mol. The van der Waals surface area contributed by atoms with E-state index in [4.69, 9.17) is 9.51 Å². The van der Waals surface area contributed by atoms with Crippen LogP contribution in [0.4, 0.5) is 17.3 Å². The fourth-order valence-electron chi connectivity index (χ4n) is 4.23. The molecule has 0 aliphatic heterocycles. The van der Waals surface area contributed by atoms with Crippen LogP contribution in [0.15, 0.2) is 71.3 Å². The van der Waals surface area contributed by atoms with Crippen LogP contribution in [-0.2, 0) is 0 Å². The first-order chi connectivity index (χ1) is 16.9. The number of hydrogen-bond acceptors (Lipinski definition) is 6. The van der Waals surface area contributed by atoms with E-state index in [2.05, 4.69) is 26.8 Å². The van der Waals surface area contributed by atoms with Crippen LogP contribution in [0.3, 0.4) is 0 Å². The maximum Gasteiger partial charge on any atom is 0.255 e. The Morgan fingerprint density at radius 3 is 2.23 bits per heavy atom. The number of fused-ring (bicyclic) bond motifs is 1. The topological polar surface area (TPSA) is 92.9 Å². The molecule has 2 N–H and O–H groups in total. The summed E-state index contributed by atoms with van der Waals surface area (Å²) in [5.41, 5.74) is 7.53. The van der Waals surface area contributed by atoms with E-state index in [0.29, 0.717) is 17.3 Å². The van der Waals surface area contributed by atoms with Crippen molar-refractivity contribution in [1.29, 1.82) is 0 Å². The predicted octanol–water partition coefficient (Wildman–Crippen LogP) is 6.51. The Morgan fingerprint density at radius 2 is 1.54 bits per heavy atom. The van der Waals surface area contributed by atoms with Gasteiger partial charge in [-0.05, 0) is 81.3 Å². The minimum atomic E-state index is -0.163. The molecule has 0 spiro atoms. The van der Waals surface area contributed by atoms with Crippen LogP contribution >= 0.6 is 0 Å². The summed E-state index contributed by atoms with van der Waals surface area (Å²) >= 11 is 0. The number of anilines is 3. The molecule has 35 heavy (non-hydrogen) atoms. The SMILES string of the molecule is Cc1cc(C)cc(NC(=O)c2ccc(Nc3nc(-c4c(C)noc4C)c4ccccc4n3)cc2)c1. The van der Waals surface area contributed by atoms with Gasteiger partial charge in [0.25, 0.3) is 5.91 Å². The van der Waals surface area contributed by atoms with Gasteiger partial charge in [-0.15, -0.1) is 0 Å². The zero-order valence-corrected chi connectivity index (χ0v) is 20.0. The molecular weight excluding hydrogens is 438 g/mol. The van der Waals surface area contributed by atoms with E-state index in [9.17, 15) is 4.79 Å². The molecule has 0 aliphatic carbocycles. The zero-order valence-electron chi connectivity index (χ0n) is 20.0. The molecule has 5 aromatic rings. The van der Waals surface area contributed by atoms with E-state index in [-0.39, 0.29) is 5.91 Å². The number of aromatic nitrogens is 3. The normalized spacial score (nSPS) is 11.0. The molecule has 0 unspecified atom stereocenters. The lowest BCUT2D eigenvalue weighted by atomic mass is 10.1. The molecular formula is C28H25N5O2. The average Bonchev–Trinajstić information content (AvgIpc) is 3.16. The van der Waals surface area contributed by atoms with Crippen molar-refractivity contribution in [2.24, 2.45) is 0 Å². The van der Waals surface area contributed by atoms with Crippen molar-refractivity contribution in [2.45, 2.75) is 27.7 Å². The largest absolute Gasteiger partial charge is 0.361 e. The van der Waals surface area contributed by atoms with Crippen LogP contribution < -0.4 is 10.6 Å². The lowest BCUT2D eigenvalue weighted by molar-refractivity contribution is 0.102. The van der Waals surface area contributed by atoms with Crippen LogP contribution in [0.1, 0.15) is 32.9 Å². The summed E-state index contributed by atoms with van der Waals surface area (Å²) in [6, 6.07) is 21.0. The Hall–Kier alpha value is -4.52. The highest BCUT2D eigenvalue weighted by Crippen LogP contribution is 2.32. The van der Waals surface area contributed by atoms with E-state index in [1.807, 2.05) is 76.2 Å². The average molecular weight is 464 g/mol. The third-order valence-electron chi connectivity index (χ3n) is 5.76. The summed E-state index contributed by atoms with van der Waals surface area (Å²) in [6.07, 6.45) is 0. The summed E-state index contributed by atoms with van der Waals surface area (Å²) < 4.78 is 5.38. The summed E-state index contributed by atoms with van der Waals surface area (Å²) in [7, 11) is 0. The quantitative estimate of drug-likeness (QED) is 0.308. The number of carbonyl (C=O) groups excluding carboxylic acids is 1. The molecule has 2 aromatic heterocycles. The predicted molar refractivity (Wildman–Crippen MR) is 138 cm³/mol. The van der Waals surface area contributed by atoms with Crippen molar-refractivity contribution in [2.75, 3.05) is 10.6 Å². The highest BCUT2D eigenvalue weighted by atomic mass is 16.5. The van der Waals surface area contributed by atoms with Gasteiger partial charge in [0.1, 0.15) is 5.76 Å². The summed E-state index contributed by atoms with van der Waals surface area (Å²) in [5.74, 6) is 0.992. The molecule has 2 heterocycles. The number of benzene rings is 3. The Balaban J connectivity index is 1.41. The third-order valence-corrected chi connectivity index (χ3v) is 5.76. The Bertz CT molecular complexity index is 1510. The minimum Gasteiger partial charge on any atom is -0.361 e. The summed E-state index contributed by atoms with van der Waals surface area (Å²) in [6.45, 7) is 7.79. The van der Waals surface area contributed by atoms with Gasteiger partial charge in [0.15, 0.2) is 0 Å². The number of hydrogen-bond donors (Lipinski definition) is 2. The maximum atomic E-state index is 12.7. The van der Waals surface area contributed by atoms with Crippen molar-refractivity contribution >= 4 is 34.1 Å². The smallest absolute Gasteiger partial charge is 0.255 e. The van der Waals surface area contributed by atoms with Crippen molar-refractivity contribution < 1.29 is 9.32 Å². The molecule has 7 nitrogen and oxygen atoms in total. The molecule has 174 valence electrons. The van der Waals surface area contributed by atoms with Crippen molar-refractivity contribution in [3.05, 3.63) is 94.9 Å². The Labute approximate surface area is 203 Å². The number of nitrogens with one attached hydrogen (secondary N) is 2. The van der Waals surface area contributed by atoms with Gasteiger partial charge in [0.2, 0.25) is 5.95 Å². The summed E-state index contributed by atoms with van der Waals surface area (Å²) in [4.78, 5) is 22.2. The van der Waals surface area contributed by atoms with E-state index < -0.39 is 0 Å². The fourth-order valence-corrected chi connectivity index (χ4v) is 4.23. The van der Waals surface area contributed by atoms with Gasteiger partial charge in [0.05, 0.1) is 22.5 Å². The van der Waals surface area contributed by atoms with Crippen LogP contribution in [0.25, 0.3) is 22.2 Å². The number of rotatable bonds is 5. The maximum absolute atomic E-state index is 12.7. The molecule has 3 aromatic carbocycles. The van der Waals surface area contributed by atoms with E-state index >= 15 is 0 Å². The lowest BCUT2D eigenvalue weighted by Gasteiger charge is -2.11. The van der Waals surface area contributed by atoms with Crippen LogP contribution in [-0.4, -0.2) is 21.0 Å². The van der Waals surface area contributed by atoms with Crippen LogP contribution in [0.2, 0.25) is 0 Å². The number of para-hydroxylation sites is 1. The minimum absolute atomic E-state index is 0.163. The highest BCUT2D eigenvalue weighted by molar-refractivity contribution is 6.04. The molecule has 0 bridgehead atoms. The van der Waals surface area contributed by atoms with Crippen LogP contribution in [0.5, 0.6) is 0 Å². The fraction of sp³-hybridized carbons (Fsp3) is 0.143. The Morgan fingerprint density at radius 1 is 0.829 bits per heavy atom. The number of aryl methyl sites for hydroxylation is 4. The van der Waals surface area contributed by atoms with Crippen molar-refractivity contribution in [1.82, 2.24) is 15.1 Å². The molecule has 1 amide bonds. The van der Waals surface area contributed by atoms with Crippen molar-refractivity contribution in [3.8, 4) is 11.3 Å². The van der Waals surface area contributed by atoms with Gasteiger partial charge in [-0.1, -0.05) is 29.4 Å². The first kappa shape index (κ1) is 22.3. The third kappa shape index (κ3) is 4.61. The van der Waals surface area contributed by atoms with Gasteiger partial charge in [-0.25, -0.2) is 9.97 Å². The van der Waals surface area contributed by atoms with Gasteiger partial charge >= 0.3 is 0 Å². The van der Waals surface area contributed by atoms with E-state index in [1.165, 1.54) is 0 Å². The molecule has 0 saturated carbocycles. The first-order valence-corrected chi connectivity index (χ1v) is 11.3. The van der Waals surface area contributed by atoms with Crippen LogP contribution in [0, 0.1) is 27.7 Å². The summed E-state index contributed by atoms with van der Waals surface area (Å²) in [5, 5.41) is 11.2. The van der Waals surface area contributed by atoms with E-state index in [1.54, 1.807) is 12.1 Å². The van der Waals surface area contributed by atoms with Gasteiger partial charge in [-0.2, -0.15) is 0 Å².